The standard InChI is InChI=1S/C20H27N3O3S2/c1-15(2)22(3)28(25,26)17-10-8-16(9-11-17)21-20(24)14-23-12-4-6-18(23)19-7-5-13-27-19/h5,7-11,13,15,18H,4,6,12,14H2,1-3H3,(H,21,24)/t18-/m1/s1. The fourth-order valence-corrected chi connectivity index (χ4v) is 5.62. The molecule has 0 radical (unpaired) electrons. The molecule has 1 aliphatic heterocycles. The molecule has 0 saturated carbocycles. The van der Waals surface area contributed by atoms with Crippen LogP contribution in [0.15, 0.2) is 46.7 Å². The molecule has 0 aliphatic carbocycles. The molecule has 0 unspecified atom stereocenters. The smallest absolute Gasteiger partial charge is 0.243 e. The summed E-state index contributed by atoms with van der Waals surface area (Å²) in [4.78, 5) is 16.2. The van der Waals surface area contributed by atoms with Crippen molar-refractivity contribution in [3.8, 4) is 0 Å². The average Bonchev–Trinajstić information content (AvgIpc) is 3.32. The third kappa shape index (κ3) is 4.63. The van der Waals surface area contributed by atoms with Gasteiger partial charge >= 0.3 is 0 Å². The molecule has 1 fully saturated rings. The molecule has 28 heavy (non-hydrogen) atoms. The highest BCUT2D eigenvalue weighted by Gasteiger charge is 2.28. The van der Waals surface area contributed by atoms with E-state index in [1.54, 1.807) is 30.5 Å². The lowest BCUT2D eigenvalue weighted by atomic mass is 10.2. The van der Waals surface area contributed by atoms with Gasteiger partial charge in [0.2, 0.25) is 15.9 Å². The van der Waals surface area contributed by atoms with E-state index in [1.807, 2.05) is 19.9 Å². The Morgan fingerprint density at radius 3 is 2.61 bits per heavy atom. The summed E-state index contributed by atoms with van der Waals surface area (Å²) in [6, 6.07) is 10.7. The molecule has 0 bridgehead atoms. The number of carbonyl (C=O) groups is 1. The summed E-state index contributed by atoms with van der Waals surface area (Å²) in [5.74, 6) is -0.0849. The first kappa shape index (κ1) is 21.0. The second-order valence-corrected chi connectivity index (χ2v) is 10.3. The van der Waals surface area contributed by atoms with Crippen molar-refractivity contribution in [2.24, 2.45) is 0 Å². The van der Waals surface area contributed by atoms with E-state index in [9.17, 15) is 13.2 Å². The maximum absolute atomic E-state index is 12.5. The van der Waals surface area contributed by atoms with Crippen molar-refractivity contribution in [1.29, 1.82) is 0 Å². The van der Waals surface area contributed by atoms with E-state index in [0.29, 0.717) is 18.3 Å². The molecule has 2 heterocycles. The van der Waals surface area contributed by atoms with E-state index < -0.39 is 10.0 Å². The normalized spacial score (nSPS) is 18.1. The zero-order valence-corrected chi connectivity index (χ0v) is 18.1. The lowest BCUT2D eigenvalue weighted by Gasteiger charge is -2.23. The maximum Gasteiger partial charge on any atom is 0.243 e. The van der Waals surface area contributed by atoms with Crippen LogP contribution >= 0.6 is 11.3 Å². The predicted molar refractivity (Wildman–Crippen MR) is 113 cm³/mol. The molecule has 8 heteroatoms. The van der Waals surface area contributed by atoms with Crippen LogP contribution in [0.25, 0.3) is 0 Å². The summed E-state index contributed by atoms with van der Waals surface area (Å²) in [6.07, 6.45) is 2.16. The van der Waals surface area contributed by atoms with E-state index in [1.165, 1.54) is 21.3 Å². The minimum absolute atomic E-state index is 0.0849. The molecule has 1 aromatic carbocycles. The molecule has 1 aliphatic rings. The number of likely N-dealkylation sites (tertiary alicyclic amines) is 1. The second-order valence-electron chi connectivity index (χ2n) is 7.33. The van der Waals surface area contributed by atoms with Crippen LogP contribution in [0, 0.1) is 0 Å². The fourth-order valence-electron chi connectivity index (χ4n) is 3.36. The lowest BCUT2D eigenvalue weighted by Crippen LogP contribution is -2.33. The number of thiophene rings is 1. The fraction of sp³-hybridized carbons (Fsp3) is 0.450. The number of hydrogen-bond acceptors (Lipinski definition) is 5. The van der Waals surface area contributed by atoms with Crippen molar-refractivity contribution in [3.63, 3.8) is 0 Å². The zero-order valence-electron chi connectivity index (χ0n) is 16.5. The first-order chi connectivity index (χ1) is 13.3. The third-order valence-electron chi connectivity index (χ3n) is 5.12. The monoisotopic (exact) mass is 421 g/mol. The maximum atomic E-state index is 12.5. The van der Waals surface area contributed by atoms with Crippen LogP contribution in [-0.2, 0) is 14.8 Å². The van der Waals surface area contributed by atoms with Gasteiger partial charge in [0.1, 0.15) is 0 Å². The van der Waals surface area contributed by atoms with E-state index >= 15 is 0 Å². The van der Waals surface area contributed by atoms with Crippen LogP contribution in [0.2, 0.25) is 0 Å². The molecule has 1 saturated heterocycles. The SMILES string of the molecule is CC(C)N(C)S(=O)(=O)c1ccc(NC(=O)CN2CCC[C@@H]2c2cccs2)cc1. The summed E-state index contributed by atoms with van der Waals surface area (Å²) in [5, 5.41) is 4.95. The van der Waals surface area contributed by atoms with Crippen molar-refractivity contribution in [2.75, 3.05) is 25.5 Å². The minimum Gasteiger partial charge on any atom is -0.325 e. The Balaban J connectivity index is 1.62. The number of benzene rings is 1. The number of nitrogens with zero attached hydrogens (tertiary/aromatic N) is 2. The van der Waals surface area contributed by atoms with Crippen molar-refractivity contribution in [3.05, 3.63) is 46.7 Å². The topological polar surface area (TPSA) is 69.7 Å². The largest absolute Gasteiger partial charge is 0.325 e. The molecule has 1 aromatic heterocycles. The Morgan fingerprint density at radius 2 is 2.00 bits per heavy atom. The highest BCUT2D eigenvalue weighted by Crippen LogP contribution is 2.34. The molecule has 0 spiro atoms. The Morgan fingerprint density at radius 1 is 1.29 bits per heavy atom. The molecule has 3 rings (SSSR count). The number of anilines is 1. The van der Waals surface area contributed by atoms with E-state index in [0.717, 1.165) is 19.4 Å². The summed E-state index contributed by atoms with van der Waals surface area (Å²) in [5.41, 5.74) is 0.600. The van der Waals surface area contributed by atoms with Gasteiger partial charge in [0, 0.05) is 29.7 Å². The van der Waals surface area contributed by atoms with Gasteiger partial charge in [0.15, 0.2) is 0 Å². The number of amides is 1. The summed E-state index contributed by atoms with van der Waals surface area (Å²) >= 11 is 1.73. The van der Waals surface area contributed by atoms with Gasteiger partial charge in [-0.3, -0.25) is 9.69 Å². The van der Waals surface area contributed by atoms with Crippen molar-refractivity contribution >= 4 is 33.0 Å². The molecule has 1 N–H and O–H groups in total. The second kappa shape index (κ2) is 8.73. The average molecular weight is 422 g/mol. The Labute approximate surface area is 171 Å². The third-order valence-corrected chi connectivity index (χ3v) is 8.15. The van der Waals surface area contributed by atoms with Gasteiger partial charge in [-0.2, -0.15) is 4.31 Å². The first-order valence-corrected chi connectivity index (χ1v) is 11.8. The highest BCUT2D eigenvalue weighted by molar-refractivity contribution is 7.89. The number of sulfonamides is 1. The molecule has 6 nitrogen and oxygen atoms in total. The van der Waals surface area contributed by atoms with E-state index in [4.69, 9.17) is 0 Å². The molecule has 1 amide bonds. The van der Waals surface area contributed by atoms with Crippen LogP contribution in [0.1, 0.15) is 37.6 Å². The van der Waals surface area contributed by atoms with Crippen LogP contribution in [0.3, 0.4) is 0 Å². The van der Waals surface area contributed by atoms with Crippen LogP contribution in [0.5, 0.6) is 0 Å². The van der Waals surface area contributed by atoms with Gasteiger partial charge in [-0.25, -0.2) is 8.42 Å². The highest BCUT2D eigenvalue weighted by atomic mass is 32.2. The first-order valence-electron chi connectivity index (χ1n) is 9.44. The van der Waals surface area contributed by atoms with Crippen molar-refractivity contribution in [1.82, 2.24) is 9.21 Å². The minimum atomic E-state index is -3.52. The molecule has 2 aromatic rings. The predicted octanol–water partition coefficient (Wildman–Crippen LogP) is 3.55. The van der Waals surface area contributed by atoms with E-state index in [-0.39, 0.29) is 16.8 Å². The molecule has 1 atom stereocenters. The Kier molecular flexibility index (Phi) is 6.54. The number of hydrogen-bond donors (Lipinski definition) is 1. The van der Waals surface area contributed by atoms with Gasteiger partial charge < -0.3 is 5.32 Å². The quantitative estimate of drug-likeness (QED) is 0.742. The van der Waals surface area contributed by atoms with E-state index in [2.05, 4.69) is 21.7 Å². The van der Waals surface area contributed by atoms with Gasteiger partial charge in [-0.15, -0.1) is 11.3 Å². The summed E-state index contributed by atoms with van der Waals surface area (Å²) in [7, 11) is -1.96. The van der Waals surface area contributed by atoms with Gasteiger partial charge in [0.25, 0.3) is 0 Å². The van der Waals surface area contributed by atoms with Crippen LogP contribution < -0.4 is 5.32 Å². The van der Waals surface area contributed by atoms with Crippen LogP contribution in [-0.4, -0.2) is 49.7 Å². The number of nitrogens with one attached hydrogen (secondary N) is 1. The Hall–Kier alpha value is -1.74. The number of rotatable bonds is 7. The number of carbonyl (C=O) groups excluding carboxylic acids is 1. The summed E-state index contributed by atoms with van der Waals surface area (Å²) < 4.78 is 26.4. The van der Waals surface area contributed by atoms with Gasteiger partial charge in [-0.05, 0) is 68.9 Å². The molecule has 152 valence electrons. The molecular formula is C20H27N3O3S2. The van der Waals surface area contributed by atoms with Crippen molar-refractivity contribution in [2.45, 2.75) is 43.7 Å². The zero-order chi connectivity index (χ0) is 20.3. The van der Waals surface area contributed by atoms with Gasteiger partial charge in [0.05, 0.1) is 11.4 Å². The lowest BCUT2D eigenvalue weighted by molar-refractivity contribution is -0.117. The molecular weight excluding hydrogens is 394 g/mol. The summed E-state index contributed by atoms with van der Waals surface area (Å²) in [6.45, 7) is 4.90. The van der Waals surface area contributed by atoms with Crippen LogP contribution in [0.4, 0.5) is 5.69 Å². The Bertz CT molecular complexity index is 893. The van der Waals surface area contributed by atoms with Crippen molar-refractivity contribution < 1.29 is 13.2 Å². The van der Waals surface area contributed by atoms with Gasteiger partial charge in [-0.1, -0.05) is 6.07 Å².